The van der Waals surface area contributed by atoms with Crippen molar-refractivity contribution in [3.63, 3.8) is 0 Å². The highest BCUT2D eigenvalue weighted by Crippen LogP contribution is 2.29. The summed E-state index contributed by atoms with van der Waals surface area (Å²) in [5.74, 6) is -0.301. The van der Waals surface area contributed by atoms with E-state index in [1.165, 1.54) is 12.1 Å². The van der Waals surface area contributed by atoms with Gasteiger partial charge in [0.05, 0.1) is 5.60 Å². The molecule has 0 aliphatic carbocycles. The lowest BCUT2D eigenvalue weighted by atomic mass is 9.89. The van der Waals surface area contributed by atoms with Crippen LogP contribution in [-0.4, -0.2) is 5.11 Å². The van der Waals surface area contributed by atoms with Gasteiger partial charge in [0.2, 0.25) is 0 Å². The Morgan fingerprint density at radius 3 is 2.37 bits per heavy atom. The van der Waals surface area contributed by atoms with Gasteiger partial charge in [-0.05, 0) is 48.4 Å². The van der Waals surface area contributed by atoms with E-state index in [0.29, 0.717) is 6.42 Å². The molecule has 19 heavy (non-hydrogen) atoms. The average Bonchev–Trinajstić information content (AvgIpc) is 2.34. The van der Waals surface area contributed by atoms with Crippen LogP contribution in [0.15, 0.2) is 51.4 Å². The van der Waals surface area contributed by atoms with Crippen molar-refractivity contribution < 1.29 is 9.50 Å². The lowest BCUT2D eigenvalue weighted by Gasteiger charge is -2.24. The molecular weight excluding hydrogens is 375 g/mol. The van der Waals surface area contributed by atoms with E-state index < -0.39 is 5.60 Å². The zero-order valence-electron chi connectivity index (χ0n) is 10.3. The molecule has 1 unspecified atom stereocenters. The maximum Gasteiger partial charge on any atom is 0.123 e. The van der Waals surface area contributed by atoms with Gasteiger partial charge in [0, 0.05) is 15.4 Å². The summed E-state index contributed by atoms with van der Waals surface area (Å²) in [6.07, 6.45) is 0.340. The quantitative estimate of drug-likeness (QED) is 0.801. The Hall–Kier alpha value is -0.710. The number of halogens is 3. The Labute approximate surface area is 128 Å². The highest BCUT2D eigenvalue weighted by Gasteiger charge is 2.24. The third-order valence-electron chi connectivity index (χ3n) is 3.01. The van der Waals surface area contributed by atoms with Crippen molar-refractivity contribution in [2.24, 2.45) is 0 Å². The predicted molar refractivity (Wildman–Crippen MR) is 81.5 cm³/mol. The molecule has 0 fully saturated rings. The molecular formula is C15H13Br2FO. The van der Waals surface area contributed by atoms with Crippen LogP contribution < -0.4 is 0 Å². The monoisotopic (exact) mass is 386 g/mol. The first-order valence-corrected chi connectivity index (χ1v) is 7.39. The first-order valence-electron chi connectivity index (χ1n) is 5.81. The fraction of sp³-hybridized carbons (Fsp3) is 0.200. The molecule has 0 aromatic heterocycles. The predicted octanol–water partition coefficient (Wildman–Crippen LogP) is 4.80. The van der Waals surface area contributed by atoms with E-state index in [9.17, 15) is 9.50 Å². The molecule has 2 rings (SSSR count). The topological polar surface area (TPSA) is 20.2 Å². The minimum absolute atomic E-state index is 0.301. The number of hydrogen-bond acceptors (Lipinski definition) is 1. The van der Waals surface area contributed by atoms with Crippen LogP contribution in [0, 0.1) is 5.82 Å². The lowest BCUT2D eigenvalue weighted by molar-refractivity contribution is 0.0574. The molecule has 100 valence electrons. The van der Waals surface area contributed by atoms with Crippen LogP contribution in [0.25, 0.3) is 0 Å². The van der Waals surface area contributed by atoms with Crippen molar-refractivity contribution in [3.05, 3.63) is 68.4 Å². The van der Waals surface area contributed by atoms with Gasteiger partial charge in [-0.3, -0.25) is 0 Å². The third-order valence-corrected chi connectivity index (χ3v) is 4.31. The largest absolute Gasteiger partial charge is 0.385 e. The second-order valence-electron chi connectivity index (χ2n) is 4.69. The summed E-state index contributed by atoms with van der Waals surface area (Å²) in [7, 11) is 0. The third kappa shape index (κ3) is 3.65. The van der Waals surface area contributed by atoms with E-state index in [-0.39, 0.29) is 5.82 Å². The van der Waals surface area contributed by atoms with Gasteiger partial charge >= 0.3 is 0 Å². The van der Waals surface area contributed by atoms with Crippen molar-refractivity contribution in [1.82, 2.24) is 0 Å². The smallest absolute Gasteiger partial charge is 0.123 e. The second kappa shape index (κ2) is 5.73. The highest BCUT2D eigenvalue weighted by atomic mass is 79.9. The van der Waals surface area contributed by atoms with Gasteiger partial charge in [0.1, 0.15) is 5.82 Å². The number of hydrogen-bond donors (Lipinski definition) is 1. The Bertz CT molecular complexity index is 579. The van der Waals surface area contributed by atoms with Crippen molar-refractivity contribution in [2.45, 2.75) is 18.9 Å². The lowest BCUT2D eigenvalue weighted by Crippen LogP contribution is -2.24. The second-order valence-corrected chi connectivity index (χ2v) is 6.46. The summed E-state index contributed by atoms with van der Waals surface area (Å²) < 4.78 is 15.0. The van der Waals surface area contributed by atoms with Crippen LogP contribution in [0.1, 0.15) is 18.1 Å². The molecule has 2 aromatic carbocycles. The molecule has 1 N–H and O–H groups in total. The summed E-state index contributed by atoms with van der Waals surface area (Å²) in [4.78, 5) is 0. The average molecular weight is 388 g/mol. The first kappa shape index (κ1) is 14.7. The van der Waals surface area contributed by atoms with E-state index in [1.54, 1.807) is 13.0 Å². The summed E-state index contributed by atoms with van der Waals surface area (Å²) in [6.45, 7) is 1.73. The van der Waals surface area contributed by atoms with Gasteiger partial charge in [-0.15, -0.1) is 0 Å². The highest BCUT2D eigenvalue weighted by molar-refractivity contribution is 9.10. The summed E-state index contributed by atoms with van der Waals surface area (Å²) in [6, 6.07) is 12.0. The normalized spacial score (nSPS) is 14.2. The van der Waals surface area contributed by atoms with Gasteiger partial charge in [-0.25, -0.2) is 4.39 Å². The molecule has 0 bridgehead atoms. The molecule has 0 aliphatic heterocycles. The fourth-order valence-corrected chi connectivity index (χ4v) is 2.61. The Balaban J connectivity index is 2.30. The van der Waals surface area contributed by atoms with Gasteiger partial charge in [-0.1, -0.05) is 44.0 Å². The van der Waals surface area contributed by atoms with E-state index in [4.69, 9.17) is 0 Å². The molecule has 0 radical (unpaired) electrons. The van der Waals surface area contributed by atoms with Crippen molar-refractivity contribution in [1.29, 1.82) is 0 Å². The molecule has 1 atom stereocenters. The van der Waals surface area contributed by atoms with Crippen LogP contribution in [0.3, 0.4) is 0 Å². The maximum atomic E-state index is 13.3. The summed E-state index contributed by atoms with van der Waals surface area (Å²) in [5, 5.41) is 10.6. The van der Waals surface area contributed by atoms with Crippen molar-refractivity contribution >= 4 is 31.9 Å². The zero-order chi connectivity index (χ0) is 14.0. The van der Waals surface area contributed by atoms with Gasteiger partial charge < -0.3 is 5.11 Å². The van der Waals surface area contributed by atoms with Gasteiger partial charge in [0.15, 0.2) is 0 Å². The Morgan fingerprint density at radius 2 is 1.74 bits per heavy atom. The minimum atomic E-state index is -1.04. The number of rotatable bonds is 3. The van der Waals surface area contributed by atoms with Crippen LogP contribution in [0.2, 0.25) is 0 Å². The van der Waals surface area contributed by atoms with Crippen LogP contribution in [-0.2, 0) is 12.0 Å². The molecule has 0 spiro atoms. The maximum absolute atomic E-state index is 13.3. The molecule has 0 amide bonds. The van der Waals surface area contributed by atoms with E-state index in [0.717, 1.165) is 20.1 Å². The number of benzene rings is 2. The molecule has 1 nitrogen and oxygen atoms in total. The van der Waals surface area contributed by atoms with Crippen LogP contribution in [0.5, 0.6) is 0 Å². The fourth-order valence-electron chi connectivity index (χ4n) is 1.96. The SMILES string of the molecule is CC(O)(Cc1cc(F)ccc1Br)c1ccc(Br)cc1. The Kier molecular flexibility index (Phi) is 4.43. The molecule has 0 heterocycles. The Morgan fingerprint density at radius 1 is 1.11 bits per heavy atom. The number of aliphatic hydroxyl groups is 1. The first-order chi connectivity index (χ1) is 8.88. The van der Waals surface area contributed by atoms with E-state index >= 15 is 0 Å². The van der Waals surface area contributed by atoms with Crippen molar-refractivity contribution in [3.8, 4) is 0 Å². The van der Waals surface area contributed by atoms with Gasteiger partial charge in [0.25, 0.3) is 0 Å². The molecule has 4 heteroatoms. The standard InChI is InChI=1S/C15H13Br2FO/c1-15(19,11-2-4-12(16)5-3-11)9-10-8-13(18)6-7-14(10)17/h2-8,19H,9H2,1H3. The van der Waals surface area contributed by atoms with Crippen LogP contribution in [0.4, 0.5) is 4.39 Å². The van der Waals surface area contributed by atoms with Crippen LogP contribution >= 0.6 is 31.9 Å². The zero-order valence-corrected chi connectivity index (χ0v) is 13.5. The summed E-state index contributed by atoms with van der Waals surface area (Å²) in [5.41, 5.74) is 0.497. The molecule has 2 aromatic rings. The van der Waals surface area contributed by atoms with E-state index in [2.05, 4.69) is 31.9 Å². The minimum Gasteiger partial charge on any atom is -0.385 e. The molecule has 0 saturated carbocycles. The molecule has 0 aliphatic rings. The van der Waals surface area contributed by atoms with Gasteiger partial charge in [-0.2, -0.15) is 0 Å². The van der Waals surface area contributed by atoms with Crippen molar-refractivity contribution in [2.75, 3.05) is 0 Å². The molecule has 0 saturated heterocycles. The van der Waals surface area contributed by atoms with E-state index in [1.807, 2.05) is 24.3 Å². The summed E-state index contributed by atoms with van der Waals surface area (Å²) >= 11 is 6.74.